The number of halogens is 7. The van der Waals surface area contributed by atoms with Crippen molar-refractivity contribution >= 4 is 68.6 Å². The molecule has 36 heavy (non-hydrogen) atoms. The molecule has 0 bridgehead atoms. The molecule has 1 atom stereocenters. The summed E-state index contributed by atoms with van der Waals surface area (Å²) in [4.78, 5) is 20.1. The van der Waals surface area contributed by atoms with E-state index in [1.807, 2.05) is 5.32 Å². The first-order chi connectivity index (χ1) is 17.0. The van der Waals surface area contributed by atoms with Gasteiger partial charge in [0.25, 0.3) is 11.5 Å². The van der Waals surface area contributed by atoms with Gasteiger partial charge in [-0.2, -0.15) is 13.2 Å². The van der Waals surface area contributed by atoms with E-state index in [1.54, 1.807) is 18.2 Å². The Bertz CT molecular complexity index is 1450. The predicted octanol–water partition coefficient (Wildman–Crippen LogP) is 7.40. The summed E-state index contributed by atoms with van der Waals surface area (Å²) in [5, 5.41) is 8.36. The average Bonchev–Trinajstić information content (AvgIpc) is 2.82. The van der Waals surface area contributed by atoms with Crippen molar-refractivity contribution in [1.29, 1.82) is 0 Å². The van der Waals surface area contributed by atoms with Gasteiger partial charge in [0.2, 0.25) is 0 Å². The van der Waals surface area contributed by atoms with Gasteiger partial charge in [-0.15, -0.1) is 0 Å². The zero-order chi connectivity index (χ0) is 26.0. The van der Waals surface area contributed by atoms with Gasteiger partial charge in [0, 0.05) is 16.8 Å². The standard InChI is InChI=1S/C23H14Cl2F5N5O/c24-15-9-13(2-4-16(15)26)34-21-14-8-12(3-6-17(14)31-10-32-21)33-18-5-1-11(23(28,29)30)7-19(18)35-22(36)20(25)27/h1-10,20,33H,(H,35,36)(H,31,32,34). The van der Waals surface area contributed by atoms with E-state index in [0.29, 0.717) is 34.2 Å². The van der Waals surface area contributed by atoms with Crippen molar-refractivity contribution in [2.24, 2.45) is 0 Å². The second-order valence-electron chi connectivity index (χ2n) is 7.38. The summed E-state index contributed by atoms with van der Waals surface area (Å²) in [6, 6.07) is 11.4. The van der Waals surface area contributed by atoms with Crippen LogP contribution in [0.4, 0.5) is 50.5 Å². The van der Waals surface area contributed by atoms with E-state index in [-0.39, 0.29) is 16.4 Å². The summed E-state index contributed by atoms with van der Waals surface area (Å²) in [5.41, 5.74) is -2.44. The van der Waals surface area contributed by atoms with Crippen LogP contribution in [-0.4, -0.2) is 21.5 Å². The fraction of sp³-hybridized carbons (Fsp3) is 0.0870. The number of anilines is 5. The van der Waals surface area contributed by atoms with Crippen molar-refractivity contribution in [2.75, 3.05) is 16.0 Å². The molecule has 0 fully saturated rings. The maximum absolute atomic E-state index is 13.5. The molecule has 0 aliphatic heterocycles. The monoisotopic (exact) mass is 541 g/mol. The van der Waals surface area contributed by atoms with E-state index >= 15 is 0 Å². The maximum atomic E-state index is 13.5. The van der Waals surface area contributed by atoms with Crippen molar-refractivity contribution in [3.63, 3.8) is 0 Å². The number of aromatic nitrogens is 2. The normalized spacial score (nSPS) is 12.3. The van der Waals surface area contributed by atoms with Crippen LogP contribution in [0.25, 0.3) is 10.9 Å². The van der Waals surface area contributed by atoms with Crippen LogP contribution in [0.3, 0.4) is 0 Å². The van der Waals surface area contributed by atoms with Crippen LogP contribution in [-0.2, 0) is 11.0 Å². The lowest BCUT2D eigenvalue weighted by molar-refractivity contribution is -0.137. The van der Waals surface area contributed by atoms with Crippen LogP contribution >= 0.6 is 23.2 Å². The summed E-state index contributed by atoms with van der Waals surface area (Å²) in [6.07, 6.45) is -3.38. The predicted molar refractivity (Wildman–Crippen MR) is 128 cm³/mol. The summed E-state index contributed by atoms with van der Waals surface area (Å²) in [5.74, 6) is -1.57. The number of carbonyl (C=O) groups excluding carboxylic acids is 1. The molecule has 0 aliphatic carbocycles. The Morgan fingerprint density at radius 1 is 0.917 bits per heavy atom. The molecule has 1 aromatic heterocycles. The molecule has 6 nitrogen and oxygen atoms in total. The van der Waals surface area contributed by atoms with Crippen molar-refractivity contribution < 1.29 is 26.7 Å². The number of carbonyl (C=O) groups is 1. The van der Waals surface area contributed by atoms with E-state index in [0.717, 1.165) is 12.1 Å². The number of benzene rings is 3. The molecule has 4 aromatic rings. The summed E-state index contributed by atoms with van der Waals surface area (Å²) >= 11 is 11.0. The molecular formula is C23H14Cl2F5N5O. The van der Waals surface area contributed by atoms with E-state index in [9.17, 15) is 26.7 Å². The summed E-state index contributed by atoms with van der Waals surface area (Å²) in [7, 11) is 0. The third-order valence-electron chi connectivity index (χ3n) is 4.90. The molecule has 0 aliphatic rings. The minimum Gasteiger partial charge on any atom is -0.354 e. The molecule has 1 heterocycles. The number of alkyl halides is 5. The Morgan fingerprint density at radius 2 is 1.64 bits per heavy atom. The fourth-order valence-electron chi connectivity index (χ4n) is 3.22. The lowest BCUT2D eigenvalue weighted by Crippen LogP contribution is -2.20. The van der Waals surface area contributed by atoms with E-state index in [2.05, 4.69) is 20.6 Å². The van der Waals surface area contributed by atoms with E-state index in [4.69, 9.17) is 23.2 Å². The van der Waals surface area contributed by atoms with Gasteiger partial charge in [0.15, 0.2) is 0 Å². The van der Waals surface area contributed by atoms with Crippen LogP contribution in [0, 0.1) is 5.82 Å². The first-order valence-electron chi connectivity index (χ1n) is 10.1. The average molecular weight is 542 g/mol. The zero-order valence-corrected chi connectivity index (χ0v) is 19.3. The van der Waals surface area contributed by atoms with Crippen LogP contribution in [0.5, 0.6) is 0 Å². The minimum absolute atomic E-state index is 0.0460. The molecule has 186 valence electrons. The molecular weight excluding hydrogens is 528 g/mol. The van der Waals surface area contributed by atoms with Crippen molar-refractivity contribution in [3.05, 3.63) is 77.3 Å². The Morgan fingerprint density at radius 3 is 2.33 bits per heavy atom. The van der Waals surface area contributed by atoms with Crippen molar-refractivity contribution in [3.8, 4) is 0 Å². The van der Waals surface area contributed by atoms with Gasteiger partial charge in [-0.05, 0) is 54.6 Å². The largest absolute Gasteiger partial charge is 0.416 e. The Kier molecular flexibility index (Phi) is 7.14. The molecule has 3 N–H and O–H groups in total. The molecule has 0 saturated carbocycles. The van der Waals surface area contributed by atoms with Gasteiger partial charge in [-0.3, -0.25) is 4.79 Å². The van der Waals surface area contributed by atoms with Crippen LogP contribution < -0.4 is 16.0 Å². The number of amides is 1. The smallest absolute Gasteiger partial charge is 0.354 e. The zero-order valence-electron chi connectivity index (χ0n) is 17.8. The highest BCUT2D eigenvalue weighted by Crippen LogP contribution is 2.36. The van der Waals surface area contributed by atoms with Crippen molar-refractivity contribution in [1.82, 2.24) is 9.97 Å². The molecule has 3 aromatic carbocycles. The third-order valence-corrected chi connectivity index (χ3v) is 5.39. The number of fused-ring (bicyclic) bond motifs is 1. The summed E-state index contributed by atoms with van der Waals surface area (Å²) < 4.78 is 66.2. The molecule has 0 spiro atoms. The fourth-order valence-corrected chi connectivity index (χ4v) is 3.46. The number of rotatable bonds is 6. The Hall–Kier alpha value is -3.70. The highest BCUT2D eigenvalue weighted by molar-refractivity contribution is 6.31. The van der Waals surface area contributed by atoms with Crippen LogP contribution in [0.15, 0.2) is 60.9 Å². The van der Waals surface area contributed by atoms with Gasteiger partial charge < -0.3 is 16.0 Å². The second-order valence-corrected chi connectivity index (χ2v) is 8.17. The van der Waals surface area contributed by atoms with E-state index < -0.39 is 29.1 Å². The first kappa shape index (κ1) is 25.4. The van der Waals surface area contributed by atoms with Gasteiger partial charge in [-0.25, -0.2) is 18.7 Å². The molecule has 0 saturated heterocycles. The highest BCUT2D eigenvalue weighted by atomic mass is 35.5. The third kappa shape index (κ3) is 5.74. The second kappa shape index (κ2) is 10.1. The molecule has 0 radical (unpaired) electrons. The van der Waals surface area contributed by atoms with E-state index in [1.165, 1.54) is 24.5 Å². The lowest BCUT2D eigenvalue weighted by atomic mass is 10.1. The van der Waals surface area contributed by atoms with Crippen LogP contribution in [0.1, 0.15) is 5.56 Å². The number of nitrogens with one attached hydrogen (secondary N) is 3. The quantitative estimate of drug-likeness (QED) is 0.175. The molecule has 1 unspecified atom stereocenters. The Labute approximate surface area is 210 Å². The molecule has 1 amide bonds. The lowest BCUT2D eigenvalue weighted by Gasteiger charge is -2.17. The van der Waals surface area contributed by atoms with Crippen molar-refractivity contribution in [2.45, 2.75) is 11.8 Å². The summed E-state index contributed by atoms with van der Waals surface area (Å²) in [6.45, 7) is 0. The number of hydrogen-bond acceptors (Lipinski definition) is 5. The van der Waals surface area contributed by atoms with Gasteiger partial charge in [-0.1, -0.05) is 23.2 Å². The topological polar surface area (TPSA) is 78.9 Å². The van der Waals surface area contributed by atoms with Gasteiger partial charge in [0.1, 0.15) is 18.0 Å². The number of nitrogens with zero attached hydrogens (tertiary/aromatic N) is 2. The first-order valence-corrected chi connectivity index (χ1v) is 10.9. The van der Waals surface area contributed by atoms with Gasteiger partial charge in [0.05, 0.1) is 27.5 Å². The Balaban J connectivity index is 1.70. The molecule has 13 heteroatoms. The van der Waals surface area contributed by atoms with Gasteiger partial charge >= 0.3 is 6.18 Å². The SMILES string of the molecule is O=C(Nc1cc(C(F)(F)F)ccc1Nc1ccc2ncnc(Nc3ccc(F)c(Cl)c3)c2c1)C(F)Cl. The number of hydrogen-bond donors (Lipinski definition) is 3. The minimum atomic E-state index is -4.70. The highest BCUT2D eigenvalue weighted by Gasteiger charge is 2.31. The maximum Gasteiger partial charge on any atom is 0.416 e. The molecule has 4 rings (SSSR count). The van der Waals surface area contributed by atoms with Crippen LogP contribution in [0.2, 0.25) is 5.02 Å².